The fourth-order valence-corrected chi connectivity index (χ4v) is 2.27. The molecule has 23 heavy (non-hydrogen) atoms. The quantitative estimate of drug-likeness (QED) is 0.705. The first-order chi connectivity index (χ1) is 10.6. The molecule has 0 radical (unpaired) electrons. The van der Waals surface area contributed by atoms with Crippen molar-refractivity contribution in [1.82, 2.24) is 5.32 Å². The molecule has 5 heteroatoms. The van der Waals surface area contributed by atoms with Crippen LogP contribution in [0.2, 0.25) is 0 Å². The molecule has 0 fully saturated rings. The highest BCUT2D eigenvalue weighted by molar-refractivity contribution is 6.39. The first kappa shape index (κ1) is 19.2. The molecule has 1 unspecified atom stereocenters. The summed E-state index contributed by atoms with van der Waals surface area (Å²) < 4.78 is 0. The van der Waals surface area contributed by atoms with Gasteiger partial charge in [-0.2, -0.15) is 0 Å². The van der Waals surface area contributed by atoms with Crippen LogP contribution in [0, 0.1) is 19.8 Å². The Morgan fingerprint density at radius 3 is 2.22 bits per heavy atom. The summed E-state index contributed by atoms with van der Waals surface area (Å²) in [5, 5.41) is 15.3. The Labute approximate surface area is 138 Å². The average molecular weight is 320 g/mol. The Kier molecular flexibility index (Phi) is 6.76. The number of nitrogens with one attached hydrogen (secondary N) is 2. The summed E-state index contributed by atoms with van der Waals surface area (Å²) >= 11 is 0. The standard InChI is InChI=1S/C18H28N2O3/c1-12(2)6-7-18(5,23)11-19-16(21)17(22)20-15-9-13(3)8-14(4)10-15/h8-10,12,23H,6-7,11H2,1-5H3,(H,19,21)(H,20,22). The van der Waals surface area contributed by atoms with Gasteiger partial charge in [-0.05, 0) is 62.8 Å². The largest absolute Gasteiger partial charge is 0.388 e. The van der Waals surface area contributed by atoms with Crippen LogP contribution in [0.3, 0.4) is 0 Å². The lowest BCUT2D eigenvalue weighted by Gasteiger charge is -2.24. The molecule has 0 aromatic heterocycles. The van der Waals surface area contributed by atoms with Crippen molar-refractivity contribution in [2.45, 2.75) is 53.1 Å². The van der Waals surface area contributed by atoms with Crippen LogP contribution in [0.5, 0.6) is 0 Å². The van der Waals surface area contributed by atoms with Crippen molar-refractivity contribution < 1.29 is 14.7 Å². The number of amides is 2. The molecule has 0 saturated carbocycles. The molecule has 128 valence electrons. The molecule has 1 aromatic carbocycles. The van der Waals surface area contributed by atoms with Gasteiger partial charge in [0.2, 0.25) is 0 Å². The van der Waals surface area contributed by atoms with Crippen LogP contribution in [-0.4, -0.2) is 29.1 Å². The number of carbonyl (C=O) groups excluding carboxylic acids is 2. The molecular weight excluding hydrogens is 292 g/mol. The maximum atomic E-state index is 11.9. The first-order valence-electron chi connectivity index (χ1n) is 7.99. The number of rotatable bonds is 6. The molecule has 0 aliphatic carbocycles. The van der Waals surface area contributed by atoms with Crippen molar-refractivity contribution >= 4 is 17.5 Å². The Bertz CT molecular complexity index is 545. The zero-order chi connectivity index (χ0) is 17.6. The van der Waals surface area contributed by atoms with E-state index in [9.17, 15) is 14.7 Å². The summed E-state index contributed by atoms with van der Waals surface area (Å²) in [6.07, 6.45) is 1.43. The lowest BCUT2D eigenvalue weighted by atomic mass is 9.95. The summed E-state index contributed by atoms with van der Waals surface area (Å²) in [4.78, 5) is 23.8. The molecule has 1 aromatic rings. The molecular formula is C18H28N2O3. The van der Waals surface area contributed by atoms with E-state index >= 15 is 0 Å². The Morgan fingerprint density at radius 2 is 1.70 bits per heavy atom. The number of carbonyl (C=O) groups is 2. The molecule has 0 bridgehead atoms. The topological polar surface area (TPSA) is 78.4 Å². The van der Waals surface area contributed by atoms with Gasteiger partial charge >= 0.3 is 11.8 Å². The van der Waals surface area contributed by atoms with Crippen LogP contribution in [-0.2, 0) is 9.59 Å². The minimum absolute atomic E-state index is 0.0544. The van der Waals surface area contributed by atoms with Crippen molar-refractivity contribution in [2.24, 2.45) is 5.92 Å². The lowest BCUT2D eigenvalue weighted by molar-refractivity contribution is -0.136. The van der Waals surface area contributed by atoms with Crippen LogP contribution in [0.15, 0.2) is 18.2 Å². The van der Waals surface area contributed by atoms with E-state index in [0.717, 1.165) is 17.5 Å². The van der Waals surface area contributed by atoms with E-state index in [-0.39, 0.29) is 6.54 Å². The molecule has 5 nitrogen and oxygen atoms in total. The number of anilines is 1. The zero-order valence-electron chi connectivity index (χ0n) is 14.7. The van der Waals surface area contributed by atoms with Gasteiger partial charge in [0.1, 0.15) is 0 Å². The van der Waals surface area contributed by atoms with Crippen molar-refractivity contribution in [3.63, 3.8) is 0 Å². The number of hydrogen-bond donors (Lipinski definition) is 3. The third kappa shape index (κ3) is 7.28. The van der Waals surface area contributed by atoms with Crippen LogP contribution in [0.25, 0.3) is 0 Å². The summed E-state index contributed by atoms with van der Waals surface area (Å²) in [6, 6.07) is 5.59. The predicted octanol–water partition coefficient (Wildman–Crippen LogP) is 2.55. The third-order valence-corrected chi connectivity index (χ3v) is 3.58. The molecule has 2 amide bonds. The van der Waals surface area contributed by atoms with Gasteiger partial charge < -0.3 is 15.7 Å². The average Bonchev–Trinajstić information content (AvgIpc) is 2.41. The minimum Gasteiger partial charge on any atom is -0.388 e. The van der Waals surface area contributed by atoms with Crippen molar-refractivity contribution in [1.29, 1.82) is 0 Å². The van der Waals surface area contributed by atoms with E-state index in [0.29, 0.717) is 18.0 Å². The van der Waals surface area contributed by atoms with Crippen LogP contribution in [0.1, 0.15) is 44.7 Å². The van der Waals surface area contributed by atoms with E-state index in [2.05, 4.69) is 24.5 Å². The van der Waals surface area contributed by atoms with Gasteiger partial charge in [-0.15, -0.1) is 0 Å². The Balaban J connectivity index is 2.52. The molecule has 1 rings (SSSR count). The van der Waals surface area contributed by atoms with Crippen molar-refractivity contribution in [2.75, 3.05) is 11.9 Å². The molecule has 3 N–H and O–H groups in total. The number of aliphatic hydroxyl groups is 1. The molecule has 1 atom stereocenters. The van der Waals surface area contributed by atoms with E-state index < -0.39 is 17.4 Å². The van der Waals surface area contributed by atoms with Crippen LogP contribution >= 0.6 is 0 Å². The maximum absolute atomic E-state index is 11.9. The monoisotopic (exact) mass is 320 g/mol. The predicted molar refractivity (Wildman–Crippen MR) is 92.3 cm³/mol. The number of hydrogen-bond acceptors (Lipinski definition) is 3. The Morgan fingerprint density at radius 1 is 1.13 bits per heavy atom. The van der Waals surface area contributed by atoms with Gasteiger partial charge in [-0.1, -0.05) is 19.9 Å². The zero-order valence-corrected chi connectivity index (χ0v) is 14.7. The van der Waals surface area contributed by atoms with Crippen molar-refractivity contribution in [3.8, 4) is 0 Å². The van der Waals surface area contributed by atoms with Gasteiger partial charge in [-0.3, -0.25) is 9.59 Å². The molecule has 0 heterocycles. The fraction of sp³-hybridized carbons (Fsp3) is 0.556. The molecule has 0 saturated heterocycles. The molecule has 0 spiro atoms. The first-order valence-corrected chi connectivity index (χ1v) is 7.99. The highest BCUT2D eigenvalue weighted by atomic mass is 16.3. The van der Waals surface area contributed by atoms with Crippen LogP contribution < -0.4 is 10.6 Å². The fourth-order valence-electron chi connectivity index (χ4n) is 2.27. The lowest BCUT2D eigenvalue weighted by Crippen LogP contribution is -2.44. The second kappa shape index (κ2) is 8.11. The maximum Gasteiger partial charge on any atom is 0.313 e. The highest BCUT2D eigenvalue weighted by Crippen LogP contribution is 2.16. The Hall–Kier alpha value is -1.88. The normalized spacial score (nSPS) is 13.5. The number of aryl methyl sites for hydroxylation is 2. The second-order valence-electron chi connectivity index (χ2n) is 6.94. The summed E-state index contributed by atoms with van der Waals surface area (Å²) in [6.45, 7) is 9.72. The highest BCUT2D eigenvalue weighted by Gasteiger charge is 2.23. The second-order valence-corrected chi connectivity index (χ2v) is 6.94. The van der Waals surface area contributed by atoms with Gasteiger partial charge in [0.15, 0.2) is 0 Å². The van der Waals surface area contributed by atoms with Gasteiger partial charge in [0.25, 0.3) is 0 Å². The van der Waals surface area contributed by atoms with Crippen LogP contribution in [0.4, 0.5) is 5.69 Å². The van der Waals surface area contributed by atoms with Gasteiger partial charge in [0, 0.05) is 12.2 Å². The van der Waals surface area contributed by atoms with E-state index in [4.69, 9.17) is 0 Å². The summed E-state index contributed by atoms with van der Waals surface area (Å²) in [5.74, 6) is -0.992. The molecule has 0 aliphatic heterocycles. The van der Waals surface area contributed by atoms with E-state index in [1.807, 2.05) is 19.9 Å². The summed E-state index contributed by atoms with van der Waals surface area (Å²) in [5.41, 5.74) is 1.60. The van der Waals surface area contributed by atoms with E-state index in [1.54, 1.807) is 19.1 Å². The summed E-state index contributed by atoms with van der Waals surface area (Å²) in [7, 11) is 0. The number of benzene rings is 1. The molecule has 0 aliphatic rings. The minimum atomic E-state index is -1.01. The van der Waals surface area contributed by atoms with Crippen molar-refractivity contribution in [3.05, 3.63) is 29.3 Å². The van der Waals surface area contributed by atoms with E-state index in [1.165, 1.54) is 0 Å². The SMILES string of the molecule is Cc1cc(C)cc(NC(=O)C(=O)NCC(C)(O)CCC(C)C)c1. The van der Waals surface area contributed by atoms with Gasteiger partial charge in [0.05, 0.1) is 5.60 Å². The smallest absolute Gasteiger partial charge is 0.313 e. The third-order valence-electron chi connectivity index (χ3n) is 3.58. The van der Waals surface area contributed by atoms with Gasteiger partial charge in [-0.25, -0.2) is 0 Å².